The number of nitrogens with zero attached hydrogens (tertiary/aromatic N) is 2. The van der Waals surface area contributed by atoms with Crippen LogP contribution in [0, 0.1) is 0 Å². The molecule has 2 rings (SSSR count). The number of anilines is 1. The lowest BCUT2D eigenvalue weighted by molar-refractivity contribution is 0.0940. The molecule has 110 valence electrons. The van der Waals surface area contributed by atoms with E-state index in [4.69, 9.17) is 11.6 Å². The average Bonchev–Trinajstić information content (AvgIpc) is 2.48. The van der Waals surface area contributed by atoms with Crippen LogP contribution in [0.15, 0.2) is 36.7 Å². The van der Waals surface area contributed by atoms with Crippen LogP contribution in [0.5, 0.6) is 0 Å². The van der Waals surface area contributed by atoms with Gasteiger partial charge in [0.2, 0.25) is 0 Å². The van der Waals surface area contributed by atoms with Crippen molar-refractivity contribution in [2.24, 2.45) is 0 Å². The Kier molecular flexibility index (Phi) is 5.11. The van der Waals surface area contributed by atoms with Crippen LogP contribution in [-0.4, -0.2) is 22.4 Å². The van der Waals surface area contributed by atoms with Crippen LogP contribution in [0.3, 0.4) is 0 Å². The first kappa shape index (κ1) is 15.3. The normalized spacial score (nSPS) is 11.8. The van der Waals surface area contributed by atoms with Gasteiger partial charge in [-0.15, -0.1) is 0 Å². The van der Waals surface area contributed by atoms with Gasteiger partial charge in [-0.25, -0.2) is 4.98 Å². The fraction of sp³-hybridized carbons (Fsp3) is 0.267. The van der Waals surface area contributed by atoms with Gasteiger partial charge in [0, 0.05) is 24.5 Å². The number of nitrogens with one attached hydrogen (secondary N) is 2. The summed E-state index contributed by atoms with van der Waals surface area (Å²) in [4.78, 5) is 20.4. The molecule has 0 fully saturated rings. The minimum absolute atomic E-state index is 0.116. The zero-order chi connectivity index (χ0) is 15.2. The zero-order valence-corrected chi connectivity index (χ0v) is 12.7. The second-order valence-electron chi connectivity index (χ2n) is 4.57. The van der Waals surface area contributed by atoms with E-state index >= 15 is 0 Å². The average molecular weight is 305 g/mol. The molecule has 1 atom stereocenters. The van der Waals surface area contributed by atoms with E-state index in [1.165, 1.54) is 0 Å². The Hall–Kier alpha value is -2.14. The predicted octanol–water partition coefficient (Wildman–Crippen LogP) is 3.05. The van der Waals surface area contributed by atoms with E-state index in [0.717, 1.165) is 5.56 Å². The fourth-order valence-electron chi connectivity index (χ4n) is 1.92. The molecule has 1 amide bonds. The van der Waals surface area contributed by atoms with E-state index in [9.17, 15) is 4.79 Å². The highest BCUT2D eigenvalue weighted by molar-refractivity contribution is 6.29. The smallest absolute Gasteiger partial charge is 0.251 e. The topological polar surface area (TPSA) is 66.9 Å². The number of hydrogen-bond acceptors (Lipinski definition) is 4. The van der Waals surface area contributed by atoms with Gasteiger partial charge in [0.1, 0.15) is 11.0 Å². The maximum Gasteiger partial charge on any atom is 0.251 e. The van der Waals surface area contributed by atoms with Crippen molar-refractivity contribution in [2.45, 2.75) is 19.9 Å². The van der Waals surface area contributed by atoms with Crippen LogP contribution >= 0.6 is 11.6 Å². The molecule has 21 heavy (non-hydrogen) atoms. The summed E-state index contributed by atoms with van der Waals surface area (Å²) in [5, 5.41) is 6.26. The van der Waals surface area contributed by atoms with Gasteiger partial charge in [-0.1, -0.05) is 11.6 Å². The lowest BCUT2D eigenvalue weighted by Gasteiger charge is -2.14. The number of carbonyl (C=O) groups excluding carboxylic acids is 1. The third-order valence-electron chi connectivity index (χ3n) is 2.97. The maximum absolute atomic E-state index is 12.3. The number of pyridine rings is 2. The van der Waals surface area contributed by atoms with E-state index in [2.05, 4.69) is 20.6 Å². The molecule has 2 aromatic heterocycles. The first-order chi connectivity index (χ1) is 10.1. The molecule has 0 spiro atoms. The molecule has 5 nitrogen and oxygen atoms in total. The number of carbonyl (C=O) groups is 1. The molecule has 2 N–H and O–H groups in total. The quantitative estimate of drug-likeness (QED) is 0.833. The van der Waals surface area contributed by atoms with Crippen molar-refractivity contribution in [3.05, 3.63) is 52.9 Å². The highest BCUT2D eigenvalue weighted by Crippen LogP contribution is 2.16. The Labute approximate surface area is 128 Å². The van der Waals surface area contributed by atoms with Crippen molar-refractivity contribution in [3.63, 3.8) is 0 Å². The van der Waals surface area contributed by atoms with Crippen molar-refractivity contribution >= 4 is 23.3 Å². The minimum atomic E-state index is -0.192. The molecule has 6 heteroatoms. The Balaban J connectivity index is 2.13. The van der Waals surface area contributed by atoms with Crippen LogP contribution in [0.2, 0.25) is 5.15 Å². The Morgan fingerprint density at radius 1 is 1.33 bits per heavy atom. The van der Waals surface area contributed by atoms with Crippen LogP contribution in [0.25, 0.3) is 0 Å². The van der Waals surface area contributed by atoms with Crippen LogP contribution in [0.1, 0.15) is 35.8 Å². The molecule has 0 aliphatic rings. The van der Waals surface area contributed by atoms with E-state index in [0.29, 0.717) is 17.9 Å². The molecular weight excluding hydrogens is 288 g/mol. The summed E-state index contributed by atoms with van der Waals surface area (Å²) in [6, 6.07) is 6.86. The van der Waals surface area contributed by atoms with Crippen LogP contribution < -0.4 is 10.6 Å². The summed E-state index contributed by atoms with van der Waals surface area (Å²) in [5.41, 5.74) is 1.47. The van der Waals surface area contributed by atoms with Crippen molar-refractivity contribution in [1.82, 2.24) is 15.3 Å². The molecule has 0 saturated carbocycles. The van der Waals surface area contributed by atoms with E-state index in [1.54, 1.807) is 24.5 Å². The van der Waals surface area contributed by atoms with E-state index in [1.807, 2.05) is 26.0 Å². The maximum atomic E-state index is 12.3. The van der Waals surface area contributed by atoms with Gasteiger partial charge in [0.05, 0.1) is 6.04 Å². The van der Waals surface area contributed by atoms with Gasteiger partial charge in [0.15, 0.2) is 0 Å². The van der Waals surface area contributed by atoms with Crippen molar-refractivity contribution < 1.29 is 4.79 Å². The Morgan fingerprint density at radius 2 is 2.05 bits per heavy atom. The molecule has 0 saturated heterocycles. The standard InChI is InChI=1S/C15H17ClN4O/c1-3-18-14-9-12(8-13(16)20-14)15(21)19-10(2)11-4-6-17-7-5-11/h4-10H,3H2,1-2H3,(H,18,20)(H,19,21). The van der Waals surface area contributed by atoms with Gasteiger partial charge in [-0.3, -0.25) is 9.78 Å². The number of halogens is 1. The van der Waals surface area contributed by atoms with E-state index in [-0.39, 0.29) is 17.1 Å². The van der Waals surface area contributed by atoms with Gasteiger partial charge in [-0.2, -0.15) is 0 Å². The highest BCUT2D eigenvalue weighted by atomic mass is 35.5. The van der Waals surface area contributed by atoms with Gasteiger partial charge >= 0.3 is 0 Å². The first-order valence-corrected chi connectivity index (χ1v) is 7.10. The fourth-order valence-corrected chi connectivity index (χ4v) is 2.12. The molecule has 0 aromatic carbocycles. The van der Waals surface area contributed by atoms with Crippen molar-refractivity contribution in [1.29, 1.82) is 0 Å². The van der Waals surface area contributed by atoms with Crippen LogP contribution in [-0.2, 0) is 0 Å². The lowest BCUT2D eigenvalue weighted by Crippen LogP contribution is -2.26. The molecule has 2 heterocycles. The predicted molar refractivity (Wildman–Crippen MR) is 83.5 cm³/mol. The number of rotatable bonds is 5. The number of hydrogen-bond donors (Lipinski definition) is 2. The molecule has 2 aromatic rings. The monoisotopic (exact) mass is 304 g/mol. The van der Waals surface area contributed by atoms with Gasteiger partial charge in [-0.05, 0) is 43.7 Å². The van der Waals surface area contributed by atoms with E-state index < -0.39 is 0 Å². The second kappa shape index (κ2) is 7.04. The molecule has 0 bridgehead atoms. The molecule has 0 aliphatic carbocycles. The molecule has 0 radical (unpaired) electrons. The lowest BCUT2D eigenvalue weighted by atomic mass is 10.1. The minimum Gasteiger partial charge on any atom is -0.370 e. The summed E-state index contributed by atoms with van der Waals surface area (Å²) < 4.78 is 0. The third-order valence-corrected chi connectivity index (χ3v) is 3.16. The van der Waals surface area contributed by atoms with Crippen molar-refractivity contribution in [2.75, 3.05) is 11.9 Å². The summed E-state index contributed by atoms with van der Waals surface area (Å²) in [6.07, 6.45) is 3.40. The Bertz CT molecular complexity index is 618. The first-order valence-electron chi connectivity index (χ1n) is 6.72. The number of amides is 1. The second-order valence-corrected chi connectivity index (χ2v) is 4.96. The number of aromatic nitrogens is 2. The summed E-state index contributed by atoms with van der Waals surface area (Å²) >= 11 is 5.94. The van der Waals surface area contributed by atoms with Crippen LogP contribution in [0.4, 0.5) is 5.82 Å². The van der Waals surface area contributed by atoms with Gasteiger partial charge in [0.25, 0.3) is 5.91 Å². The molecule has 1 unspecified atom stereocenters. The highest BCUT2D eigenvalue weighted by Gasteiger charge is 2.13. The summed E-state index contributed by atoms with van der Waals surface area (Å²) in [7, 11) is 0. The Morgan fingerprint density at radius 3 is 2.71 bits per heavy atom. The zero-order valence-electron chi connectivity index (χ0n) is 11.9. The summed E-state index contributed by atoms with van der Waals surface area (Å²) in [5.74, 6) is 0.398. The van der Waals surface area contributed by atoms with Crippen molar-refractivity contribution in [3.8, 4) is 0 Å². The molecule has 0 aliphatic heterocycles. The summed E-state index contributed by atoms with van der Waals surface area (Å²) in [6.45, 7) is 4.58. The van der Waals surface area contributed by atoms with Gasteiger partial charge < -0.3 is 10.6 Å². The molecular formula is C15H17ClN4O. The largest absolute Gasteiger partial charge is 0.370 e. The third kappa shape index (κ3) is 4.16. The SMILES string of the molecule is CCNc1cc(C(=O)NC(C)c2ccncc2)cc(Cl)n1.